The van der Waals surface area contributed by atoms with E-state index in [-0.39, 0.29) is 12.6 Å². The number of fused-ring (bicyclic) bond motifs is 3. The lowest BCUT2D eigenvalue weighted by Crippen LogP contribution is -2.42. The molecule has 7 nitrogen and oxygen atoms in total. The van der Waals surface area contributed by atoms with Crippen LogP contribution in [0.3, 0.4) is 0 Å². The van der Waals surface area contributed by atoms with Gasteiger partial charge in [0, 0.05) is 23.1 Å². The van der Waals surface area contributed by atoms with Crippen LogP contribution in [0.25, 0.3) is 10.9 Å². The molecule has 35 heavy (non-hydrogen) atoms. The third kappa shape index (κ3) is 4.38. The van der Waals surface area contributed by atoms with Gasteiger partial charge in [0.2, 0.25) is 0 Å². The van der Waals surface area contributed by atoms with Crippen molar-refractivity contribution in [2.75, 3.05) is 20.3 Å². The van der Waals surface area contributed by atoms with E-state index in [0.29, 0.717) is 23.8 Å². The molecule has 1 aromatic heterocycles. The van der Waals surface area contributed by atoms with Gasteiger partial charge in [0.15, 0.2) is 6.61 Å². The Balaban J connectivity index is 1.52. The standard InChI is InChI=1S/C28H25N3O4/c1-18-3-12-25-24(17-18)23-13-15-31(28(32)35-22-10-8-20(33-2)9-11-22)27(26(23)30-25)19-4-6-21(7-5-19)34-16-14-29/h3-12,17,27,30H,13,15-16H2,1-2H3. The van der Waals surface area contributed by atoms with Crippen LogP contribution in [0.4, 0.5) is 4.79 Å². The minimum atomic E-state index is -0.425. The molecule has 0 saturated carbocycles. The van der Waals surface area contributed by atoms with E-state index in [0.717, 1.165) is 23.2 Å². The Morgan fingerprint density at radius 3 is 2.49 bits per heavy atom. The van der Waals surface area contributed by atoms with E-state index >= 15 is 0 Å². The number of carbonyl (C=O) groups excluding carboxylic acids is 1. The van der Waals surface area contributed by atoms with Gasteiger partial charge in [-0.15, -0.1) is 0 Å². The van der Waals surface area contributed by atoms with Crippen LogP contribution < -0.4 is 14.2 Å². The number of nitrogens with zero attached hydrogens (tertiary/aromatic N) is 2. The Morgan fingerprint density at radius 1 is 1.06 bits per heavy atom. The number of ether oxygens (including phenoxy) is 3. The summed E-state index contributed by atoms with van der Waals surface area (Å²) >= 11 is 0. The number of aromatic nitrogens is 1. The fourth-order valence-corrected chi connectivity index (χ4v) is 4.61. The first-order chi connectivity index (χ1) is 17.1. The van der Waals surface area contributed by atoms with Gasteiger partial charge < -0.3 is 19.2 Å². The lowest BCUT2D eigenvalue weighted by atomic mass is 9.92. The first-order valence-corrected chi connectivity index (χ1v) is 11.4. The number of carbonyl (C=O) groups is 1. The van der Waals surface area contributed by atoms with E-state index in [1.54, 1.807) is 36.3 Å². The lowest BCUT2D eigenvalue weighted by molar-refractivity contribution is 0.135. The normalized spacial score (nSPS) is 14.8. The van der Waals surface area contributed by atoms with Crippen molar-refractivity contribution < 1.29 is 19.0 Å². The van der Waals surface area contributed by atoms with Crippen molar-refractivity contribution in [3.8, 4) is 23.3 Å². The number of nitrogens with one attached hydrogen (secondary N) is 1. The second-order valence-electron chi connectivity index (χ2n) is 8.47. The van der Waals surface area contributed by atoms with Gasteiger partial charge in [-0.05, 0) is 73.0 Å². The molecule has 1 N–H and O–H groups in total. The Bertz CT molecular complexity index is 1400. The first-order valence-electron chi connectivity index (χ1n) is 11.4. The van der Waals surface area contributed by atoms with Crippen LogP contribution in [0.5, 0.6) is 17.2 Å². The number of benzene rings is 3. The molecule has 4 aromatic rings. The number of nitriles is 1. The van der Waals surface area contributed by atoms with E-state index < -0.39 is 6.09 Å². The van der Waals surface area contributed by atoms with Gasteiger partial charge in [-0.2, -0.15) is 5.26 Å². The highest BCUT2D eigenvalue weighted by Gasteiger charge is 2.35. The van der Waals surface area contributed by atoms with Gasteiger partial charge in [-0.25, -0.2) is 4.79 Å². The molecule has 0 fully saturated rings. The molecule has 1 unspecified atom stereocenters. The van der Waals surface area contributed by atoms with Crippen molar-refractivity contribution in [2.45, 2.75) is 19.4 Å². The maximum absolute atomic E-state index is 13.4. The zero-order valence-electron chi connectivity index (χ0n) is 19.6. The van der Waals surface area contributed by atoms with Crippen LogP contribution in [0.15, 0.2) is 66.7 Å². The van der Waals surface area contributed by atoms with E-state index in [9.17, 15) is 4.79 Å². The average Bonchev–Trinajstić information content (AvgIpc) is 3.25. The van der Waals surface area contributed by atoms with Crippen LogP contribution in [-0.4, -0.2) is 36.2 Å². The highest BCUT2D eigenvalue weighted by molar-refractivity contribution is 5.87. The SMILES string of the molecule is COc1ccc(OC(=O)N2CCc3c([nH]c4ccc(C)cc34)C2c2ccc(OCC#N)cc2)cc1. The smallest absolute Gasteiger partial charge is 0.416 e. The van der Waals surface area contributed by atoms with Gasteiger partial charge in [-0.1, -0.05) is 23.8 Å². The maximum Gasteiger partial charge on any atom is 0.416 e. The van der Waals surface area contributed by atoms with Gasteiger partial charge in [0.25, 0.3) is 0 Å². The van der Waals surface area contributed by atoms with Crippen molar-refractivity contribution in [3.05, 3.63) is 89.1 Å². The van der Waals surface area contributed by atoms with E-state index in [4.69, 9.17) is 19.5 Å². The van der Waals surface area contributed by atoms with Crippen molar-refractivity contribution in [3.63, 3.8) is 0 Å². The van der Waals surface area contributed by atoms with Gasteiger partial charge in [0.05, 0.1) is 7.11 Å². The van der Waals surface area contributed by atoms with Crippen LogP contribution >= 0.6 is 0 Å². The Morgan fingerprint density at radius 2 is 1.77 bits per heavy atom. The number of aryl methyl sites for hydroxylation is 1. The summed E-state index contributed by atoms with van der Waals surface area (Å²) in [7, 11) is 1.59. The summed E-state index contributed by atoms with van der Waals surface area (Å²) in [5.41, 5.74) is 5.35. The fourth-order valence-electron chi connectivity index (χ4n) is 4.61. The summed E-state index contributed by atoms with van der Waals surface area (Å²) in [5.74, 6) is 1.75. The second kappa shape index (κ2) is 9.43. The van der Waals surface area contributed by atoms with Crippen LogP contribution in [-0.2, 0) is 6.42 Å². The lowest BCUT2D eigenvalue weighted by Gasteiger charge is -2.35. The zero-order chi connectivity index (χ0) is 24.4. The molecule has 1 aliphatic heterocycles. The molecule has 1 aliphatic rings. The molecule has 1 atom stereocenters. The molecule has 0 saturated heterocycles. The van der Waals surface area contributed by atoms with Crippen LogP contribution in [0, 0.1) is 18.3 Å². The average molecular weight is 468 g/mol. The molecule has 7 heteroatoms. The van der Waals surface area contributed by atoms with Crippen molar-refractivity contribution in [1.82, 2.24) is 9.88 Å². The summed E-state index contributed by atoms with van der Waals surface area (Å²) in [5, 5.41) is 9.97. The summed E-state index contributed by atoms with van der Waals surface area (Å²) in [6.07, 6.45) is 0.293. The van der Waals surface area contributed by atoms with Crippen molar-refractivity contribution in [1.29, 1.82) is 5.26 Å². The number of amides is 1. The molecule has 1 amide bonds. The second-order valence-corrected chi connectivity index (χ2v) is 8.47. The highest BCUT2D eigenvalue weighted by Crippen LogP contribution is 2.39. The van der Waals surface area contributed by atoms with Crippen LogP contribution in [0.1, 0.15) is 28.4 Å². The minimum Gasteiger partial charge on any atom is -0.497 e. The molecule has 0 aliphatic carbocycles. The monoisotopic (exact) mass is 467 g/mol. The first kappa shape index (κ1) is 22.4. The molecule has 0 spiro atoms. The predicted molar refractivity (Wildman–Crippen MR) is 132 cm³/mol. The van der Waals surface area contributed by atoms with Crippen LogP contribution in [0.2, 0.25) is 0 Å². The summed E-state index contributed by atoms with van der Waals surface area (Å²) < 4.78 is 16.4. The highest BCUT2D eigenvalue weighted by atomic mass is 16.6. The molecule has 2 heterocycles. The third-order valence-corrected chi connectivity index (χ3v) is 6.28. The molecule has 3 aromatic carbocycles. The third-order valence-electron chi connectivity index (χ3n) is 6.28. The minimum absolute atomic E-state index is 0.0192. The quantitative estimate of drug-likeness (QED) is 0.417. The fraction of sp³-hybridized carbons (Fsp3) is 0.214. The largest absolute Gasteiger partial charge is 0.497 e. The molecule has 5 rings (SSSR count). The van der Waals surface area contributed by atoms with E-state index in [2.05, 4.69) is 30.1 Å². The van der Waals surface area contributed by atoms with Crippen molar-refractivity contribution >= 4 is 17.0 Å². The Kier molecular flexibility index (Phi) is 6.02. The molecule has 176 valence electrons. The summed E-state index contributed by atoms with van der Waals surface area (Å²) in [4.78, 5) is 18.7. The molecular weight excluding hydrogens is 442 g/mol. The Hall–Kier alpha value is -4.44. The Labute approximate surface area is 203 Å². The van der Waals surface area contributed by atoms with Crippen molar-refractivity contribution in [2.24, 2.45) is 0 Å². The number of aromatic amines is 1. The molecule has 0 radical (unpaired) electrons. The van der Waals surface area contributed by atoms with Gasteiger partial charge in [0.1, 0.15) is 29.4 Å². The maximum atomic E-state index is 13.4. The van der Waals surface area contributed by atoms with Gasteiger partial charge in [-0.3, -0.25) is 4.90 Å². The number of rotatable bonds is 5. The van der Waals surface area contributed by atoms with E-state index in [1.165, 1.54) is 16.5 Å². The number of hydrogen-bond acceptors (Lipinski definition) is 5. The molecule has 0 bridgehead atoms. The topological polar surface area (TPSA) is 87.6 Å². The zero-order valence-corrected chi connectivity index (χ0v) is 19.6. The van der Waals surface area contributed by atoms with E-state index in [1.807, 2.05) is 30.3 Å². The number of hydrogen-bond donors (Lipinski definition) is 1. The number of H-pyrrole nitrogens is 1. The summed E-state index contributed by atoms with van der Waals surface area (Å²) in [6.45, 7) is 2.58. The molecular formula is C28H25N3O4. The predicted octanol–water partition coefficient (Wildman–Crippen LogP) is 5.53. The number of methoxy groups -OCH3 is 1. The van der Waals surface area contributed by atoms with Gasteiger partial charge >= 0.3 is 6.09 Å². The summed E-state index contributed by atoms with van der Waals surface area (Å²) in [6, 6.07) is 22.4.